The van der Waals surface area contributed by atoms with Crippen LogP contribution in [0, 0.1) is 0 Å². The lowest BCUT2D eigenvalue weighted by molar-refractivity contribution is 0.114. The van der Waals surface area contributed by atoms with Crippen molar-refractivity contribution in [1.82, 2.24) is 9.88 Å². The van der Waals surface area contributed by atoms with Crippen molar-refractivity contribution in [3.63, 3.8) is 0 Å². The smallest absolute Gasteiger partial charge is 0.215 e. The number of aromatic hydroxyl groups is 1. The Labute approximate surface area is 182 Å². The number of rotatable bonds is 6. The third kappa shape index (κ3) is 4.79. The molecule has 7 N–H and O–H groups in total. The average molecular weight is 423 g/mol. The Morgan fingerprint density at radius 3 is 2.45 bits per heavy atom. The molecule has 2 fully saturated rings. The highest BCUT2D eigenvalue weighted by Crippen LogP contribution is 2.28. The van der Waals surface area contributed by atoms with Crippen molar-refractivity contribution in [3.8, 4) is 11.6 Å². The van der Waals surface area contributed by atoms with Gasteiger partial charge in [-0.1, -0.05) is 12.1 Å². The maximum atomic E-state index is 10.1. The SMILES string of the molecule is NC(N)=C(/C=C(\N)c1ccccc1O)N1CCN(c2ccnc(OC3CCC3)c2)CC1. The zero-order valence-corrected chi connectivity index (χ0v) is 17.6. The quantitative estimate of drug-likeness (QED) is 0.520. The van der Waals surface area contributed by atoms with Crippen molar-refractivity contribution in [3.05, 3.63) is 65.8 Å². The molecular weight excluding hydrogens is 392 g/mol. The molecule has 0 radical (unpaired) electrons. The van der Waals surface area contributed by atoms with Crippen molar-refractivity contribution >= 4 is 11.4 Å². The molecule has 1 aliphatic carbocycles. The maximum absolute atomic E-state index is 10.1. The van der Waals surface area contributed by atoms with Gasteiger partial charge in [0.1, 0.15) is 17.7 Å². The van der Waals surface area contributed by atoms with Crippen LogP contribution in [0.25, 0.3) is 5.70 Å². The van der Waals surface area contributed by atoms with Gasteiger partial charge in [0, 0.05) is 55.4 Å². The fourth-order valence-corrected chi connectivity index (χ4v) is 3.83. The van der Waals surface area contributed by atoms with Gasteiger partial charge in [-0.05, 0) is 43.5 Å². The molecule has 1 aromatic carbocycles. The number of para-hydroxylation sites is 1. The summed E-state index contributed by atoms with van der Waals surface area (Å²) in [5.74, 6) is 1.01. The molecule has 1 saturated carbocycles. The average Bonchev–Trinajstić information content (AvgIpc) is 2.75. The van der Waals surface area contributed by atoms with Crippen molar-refractivity contribution in [1.29, 1.82) is 0 Å². The van der Waals surface area contributed by atoms with E-state index in [-0.39, 0.29) is 11.6 Å². The molecule has 8 nitrogen and oxygen atoms in total. The van der Waals surface area contributed by atoms with Crippen LogP contribution in [0.2, 0.25) is 0 Å². The molecule has 4 rings (SSSR count). The highest BCUT2D eigenvalue weighted by molar-refractivity contribution is 5.70. The molecule has 31 heavy (non-hydrogen) atoms. The van der Waals surface area contributed by atoms with Crippen LogP contribution in [-0.2, 0) is 0 Å². The van der Waals surface area contributed by atoms with E-state index in [1.54, 1.807) is 30.5 Å². The highest BCUT2D eigenvalue weighted by atomic mass is 16.5. The van der Waals surface area contributed by atoms with E-state index in [0.29, 0.717) is 28.9 Å². The fraction of sp³-hybridized carbons (Fsp3) is 0.348. The third-order valence-electron chi connectivity index (χ3n) is 5.85. The first-order valence-corrected chi connectivity index (χ1v) is 10.6. The Hall–Kier alpha value is -3.55. The summed E-state index contributed by atoms with van der Waals surface area (Å²) in [6.07, 6.45) is 7.29. The molecule has 0 unspecified atom stereocenters. The molecule has 0 amide bonds. The van der Waals surface area contributed by atoms with E-state index in [1.165, 1.54) is 6.42 Å². The van der Waals surface area contributed by atoms with Gasteiger partial charge in [0.25, 0.3) is 0 Å². The second-order valence-corrected chi connectivity index (χ2v) is 7.95. The Morgan fingerprint density at radius 2 is 1.81 bits per heavy atom. The number of nitrogens with zero attached hydrogens (tertiary/aromatic N) is 3. The Balaban J connectivity index is 1.43. The molecule has 164 valence electrons. The highest BCUT2D eigenvalue weighted by Gasteiger charge is 2.22. The molecule has 1 aliphatic heterocycles. The van der Waals surface area contributed by atoms with E-state index < -0.39 is 0 Å². The lowest BCUT2D eigenvalue weighted by Crippen LogP contribution is -2.46. The van der Waals surface area contributed by atoms with Gasteiger partial charge < -0.3 is 36.8 Å². The number of phenolic OH excluding ortho intramolecular Hbond substituents is 1. The molecule has 0 atom stereocenters. The Kier molecular flexibility index (Phi) is 6.06. The summed E-state index contributed by atoms with van der Waals surface area (Å²) >= 11 is 0. The number of phenols is 1. The van der Waals surface area contributed by atoms with Crippen LogP contribution in [0.5, 0.6) is 11.6 Å². The number of piperazine rings is 1. The van der Waals surface area contributed by atoms with Gasteiger partial charge in [-0.15, -0.1) is 0 Å². The minimum Gasteiger partial charge on any atom is -0.507 e. The van der Waals surface area contributed by atoms with E-state index in [1.807, 2.05) is 18.2 Å². The first-order chi connectivity index (χ1) is 15.0. The molecule has 0 bridgehead atoms. The number of hydrogen-bond donors (Lipinski definition) is 4. The minimum absolute atomic E-state index is 0.119. The molecule has 1 saturated heterocycles. The van der Waals surface area contributed by atoms with E-state index in [9.17, 15) is 5.11 Å². The predicted octanol–water partition coefficient (Wildman–Crippen LogP) is 1.93. The van der Waals surface area contributed by atoms with E-state index in [4.69, 9.17) is 21.9 Å². The Bertz CT molecular complexity index is 974. The third-order valence-corrected chi connectivity index (χ3v) is 5.85. The number of aromatic nitrogens is 1. The van der Waals surface area contributed by atoms with Crippen molar-refractivity contribution < 1.29 is 9.84 Å². The minimum atomic E-state index is 0.119. The van der Waals surface area contributed by atoms with Gasteiger partial charge in [-0.2, -0.15) is 0 Å². The van der Waals surface area contributed by atoms with Gasteiger partial charge in [-0.3, -0.25) is 0 Å². The number of benzene rings is 1. The number of allylic oxidation sites excluding steroid dienone is 1. The van der Waals surface area contributed by atoms with Crippen LogP contribution in [0.3, 0.4) is 0 Å². The zero-order chi connectivity index (χ0) is 21.8. The first-order valence-electron chi connectivity index (χ1n) is 10.6. The molecule has 2 aliphatic rings. The normalized spacial score (nSPS) is 17.2. The van der Waals surface area contributed by atoms with Crippen LogP contribution in [0.4, 0.5) is 5.69 Å². The molecule has 2 heterocycles. The zero-order valence-electron chi connectivity index (χ0n) is 17.6. The van der Waals surface area contributed by atoms with Gasteiger partial charge in [0.15, 0.2) is 0 Å². The first kappa shape index (κ1) is 20.7. The summed E-state index contributed by atoms with van der Waals surface area (Å²) in [6, 6.07) is 11.0. The monoisotopic (exact) mass is 422 g/mol. The van der Waals surface area contributed by atoms with Crippen LogP contribution in [0.15, 0.2) is 60.2 Å². The van der Waals surface area contributed by atoms with E-state index in [2.05, 4.69) is 14.8 Å². The molecule has 0 spiro atoms. The van der Waals surface area contributed by atoms with Gasteiger partial charge in [0.05, 0.1) is 5.70 Å². The summed E-state index contributed by atoms with van der Waals surface area (Å²) in [5.41, 5.74) is 20.9. The van der Waals surface area contributed by atoms with Gasteiger partial charge in [-0.25, -0.2) is 4.98 Å². The van der Waals surface area contributed by atoms with Crippen LogP contribution >= 0.6 is 0 Å². The van der Waals surface area contributed by atoms with Crippen LogP contribution in [0.1, 0.15) is 24.8 Å². The van der Waals surface area contributed by atoms with E-state index in [0.717, 1.165) is 44.7 Å². The Morgan fingerprint density at radius 1 is 1.06 bits per heavy atom. The number of hydrogen-bond acceptors (Lipinski definition) is 8. The molecule has 8 heteroatoms. The predicted molar refractivity (Wildman–Crippen MR) is 122 cm³/mol. The van der Waals surface area contributed by atoms with Gasteiger partial charge >= 0.3 is 0 Å². The van der Waals surface area contributed by atoms with Crippen molar-refractivity contribution in [2.24, 2.45) is 17.2 Å². The number of ether oxygens (including phenoxy) is 1. The molecule has 2 aromatic rings. The summed E-state index contributed by atoms with van der Waals surface area (Å²) in [5, 5.41) is 10.1. The maximum Gasteiger partial charge on any atom is 0.215 e. The second kappa shape index (κ2) is 9.07. The van der Waals surface area contributed by atoms with E-state index >= 15 is 0 Å². The number of anilines is 1. The van der Waals surface area contributed by atoms with Crippen molar-refractivity contribution in [2.75, 3.05) is 31.1 Å². The molecule has 1 aromatic heterocycles. The summed E-state index contributed by atoms with van der Waals surface area (Å²) in [7, 11) is 0. The van der Waals surface area contributed by atoms with Crippen molar-refractivity contribution in [2.45, 2.75) is 25.4 Å². The summed E-state index contributed by atoms with van der Waals surface area (Å²) in [4.78, 5) is 8.76. The molecular formula is C23H30N6O2. The topological polar surface area (TPSA) is 127 Å². The van der Waals surface area contributed by atoms with Crippen LogP contribution in [-0.4, -0.2) is 47.3 Å². The standard InChI is InChI=1S/C23H30N6O2/c24-19(18-6-1-2-7-21(18)30)15-20(23(25)26)29-12-10-28(11-13-29)16-8-9-27-22(14-16)31-17-4-3-5-17/h1-2,6-9,14-15,17,30H,3-5,10-13,24-26H2/b19-15-. The van der Waals surface area contributed by atoms with Crippen LogP contribution < -0.4 is 26.8 Å². The summed E-state index contributed by atoms with van der Waals surface area (Å²) < 4.78 is 5.94. The number of nitrogens with two attached hydrogens (primary N) is 3. The second-order valence-electron chi connectivity index (χ2n) is 7.95. The lowest BCUT2D eigenvalue weighted by atomic mass is 9.96. The fourth-order valence-electron chi connectivity index (χ4n) is 3.83. The largest absolute Gasteiger partial charge is 0.507 e. The van der Waals surface area contributed by atoms with Gasteiger partial charge in [0.2, 0.25) is 5.88 Å². The number of pyridine rings is 1. The lowest BCUT2D eigenvalue weighted by Gasteiger charge is -2.38. The summed E-state index contributed by atoms with van der Waals surface area (Å²) in [6.45, 7) is 3.07.